The van der Waals surface area contributed by atoms with Gasteiger partial charge in [-0.05, 0) is 30.3 Å². The van der Waals surface area contributed by atoms with E-state index in [0.717, 1.165) is 0 Å². The number of aromatic nitrogens is 3. The lowest BCUT2D eigenvalue weighted by atomic mass is 10.2. The minimum absolute atomic E-state index is 0.0900. The third-order valence-electron chi connectivity index (χ3n) is 2.73. The number of phenolic OH excluding ortho intramolecular Hbond substituents is 1. The molecule has 0 atom stereocenters. The predicted octanol–water partition coefficient (Wildman–Crippen LogP) is 2.59. The summed E-state index contributed by atoms with van der Waals surface area (Å²) in [4.78, 5) is 12.4. The first kappa shape index (κ1) is 11.9. The Hall–Kier alpha value is -2.21. The van der Waals surface area contributed by atoms with Gasteiger partial charge < -0.3 is 5.11 Å². The van der Waals surface area contributed by atoms with Crippen LogP contribution in [0.1, 0.15) is 10.4 Å². The Morgan fingerprint density at radius 2 is 2.00 bits per heavy atom. The van der Waals surface area contributed by atoms with Gasteiger partial charge in [-0.15, -0.1) is 5.10 Å². The molecule has 0 fully saturated rings. The first-order valence-electron chi connectivity index (χ1n) is 5.50. The number of aromatic hydroxyl groups is 1. The van der Waals surface area contributed by atoms with Crippen LogP contribution in [0.4, 0.5) is 0 Å². The molecule has 0 saturated heterocycles. The molecule has 0 radical (unpaired) electrons. The Labute approximate surface area is 116 Å². The Kier molecular flexibility index (Phi) is 2.79. The van der Waals surface area contributed by atoms with Crippen molar-refractivity contribution in [1.82, 2.24) is 15.0 Å². The van der Waals surface area contributed by atoms with E-state index in [4.69, 9.17) is 0 Å². The van der Waals surface area contributed by atoms with Gasteiger partial charge in [0.15, 0.2) is 0 Å². The summed E-state index contributed by atoms with van der Waals surface area (Å²) in [5, 5.41) is 17.5. The first-order valence-corrected chi connectivity index (χ1v) is 6.30. The van der Waals surface area contributed by atoms with Crippen LogP contribution in [0.25, 0.3) is 11.0 Å². The van der Waals surface area contributed by atoms with Crippen molar-refractivity contribution in [3.8, 4) is 5.75 Å². The number of benzene rings is 2. The molecule has 19 heavy (non-hydrogen) atoms. The number of nitrogens with zero attached hydrogens (tertiary/aromatic N) is 3. The highest BCUT2D eigenvalue weighted by molar-refractivity contribution is 9.10. The molecule has 3 aromatic rings. The van der Waals surface area contributed by atoms with Gasteiger partial charge >= 0.3 is 0 Å². The molecule has 3 rings (SSSR count). The zero-order valence-electron chi connectivity index (χ0n) is 9.62. The summed E-state index contributed by atoms with van der Waals surface area (Å²) in [5.41, 5.74) is 1.40. The van der Waals surface area contributed by atoms with Crippen LogP contribution in [0.2, 0.25) is 0 Å². The lowest BCUT2D eigenvalue weighted by molar-refractivity contribution is 0.0945. The molecule has 0 aliphatic heterocycles. The first-order chi connectivity index (χ1) is 9.16. The number of hydrogen-bond acceptors (Lipinski definition) is 4. The average Bonchev–Trinajstić information content (AvgIpc) is 2.84. The van der Waals surface area contributed by atoms with E-state index in [1.807, 2.05) is 6.07 Å². The van der Waals surface area contributed by atoms with Crippen LogP contribution in [0.3, 0.4) is 0 Å². The Bertz CT molecular complexity index is 782. The highest BCUT2D eigenvalue weighted by Crippen LogP contribution is 2.23. The zero-order valence-corrected chi connectivity index (χ0v) is 11.2. The minimum Gasteiger partial charge on any atom is -0.507 e. The summed E-state index contributed by atoms with van der Waals surface area (Å²) >= 11 is 3.27. The van der Waals surface area contributed by atoms with Crippen molar-refractivity contribution in [3.63, 3.8) is 0 Å². The molecule has 0 bridgehead atoms. The number of carbonyl (C=O) groups is 1. The van der Waals surface area contributed by atoms with Gasteiger partial charge in [-0.1, -0.05) is 33.3 Å². The lowest BCUT2D eigenvalue weighted by Gasteiger charge is -2.04. The third-order valence-corrected chi connectivity index (χ3v) is 3.23. The highest BCUT2D eigenvalue weighted by atomic mass is 79.9. The van der Waals surface area contributed by atoms with Gasteiger partial charge in [0.05, 0.1) is 11.1 Å². The summed E-state index contributed by atoms with van der Waals surface area (Å²) in [5.74, 6) is -0.514. The maximum absolute atomic E-state index is 12.4. The second kappa shape index (κ2) is 4.47. The van der Waals surface area contributed by atoms with Crippen molar-refractivity contribution in [2.75, 3.05) is 0 Å². The van der Waals surface area contributed by atoms with Gasteiger partial charge in [0.2, 0.25) is 0 Å². The van der Waals surface area contributed by atoms with Crippen LogP contribution >= 0.6 is 15.9 Å². The molecule has 1 N–H and O–H groups in total. The molecule has 0 saturated carbocycles. The van der Waals surface area contributed by atoms with Crippen LogP contribution < -0.4 is 0 Å². The van der Waals surface area contributed by atoms with Crippen LogP contribution in [0.15, 0.2) is 46.9 Å². The van der Waals surface area contributed by atoms with Crippen LogP contribution in [-0.2, 0) is 0 Å². The summed E-state index contributed by atoms with van der Waals surface area (Å²) in [6.45, 7) is 0. The van der Waals surface area contributed by atoms with E-state index in [9.17, 15) is 9.90 Å². The third kappa shape index (κ3) is 2.00. The fourth-order valence-corrected chi connectivity index (χ4v) is 2.17. The molecule has 0 amide bonds. The zero-order chi connectivity index (χ0) is 13.4. The Morgan fingerprint density at radius 1 is 1.21 bits per heavy atom. The number of rotatable bonds is 1. The second-order valence-electron chi connectivity index (χ2n) is 3.96. The normalized spacial score (nSPS) is 10.8. The van der Waals surface area contributed by atoms with E-state index in [1.54, 1.807) is 30.3 Å². The van der Waals surface area contributed by atoms with E-state index in [1.165, 1.54) is 10.7 Å². The summed E-state index contributed by atoms with van der Waals surface area (Å²) < 4.78 is 1.88. The summed E-state index contributed by atoms with van der Waals surface area (Å²) in [7, 11) is 0. The summed E-state index contributed by atoms with van der Waals surface area (Å²) in [6.07, 6.45) is 0. The van der Waals surface area contributed by atoms with Crippen molar-refractivity contribution in [2.24, 2.45) is 0 Å². The smallest absolute Gasteiger partial charge is 0.283 e. The van der Waals surface area contributed by atoms with Gasteiger partial charge in [-0.2, -0.15) is 4.68 Å². The fraction of sp³-hybridized carbons (Fsp3) is 0. The van der Waals surface area contributed by atoms with Crippen molar-refractivity contribution < 1.29 is 9.90 Å². The van der Waals surface area contributed by atoms with E-state index in [2.05, 4.69) is 26.2 Å². The van der Waals surface area contributed by atoms with E-state index in [0.29, 0.717) is 15.5 Å². The van der Waals surface area contributed by atoms with Crippen molar-refractivity contribution >= 4 is 32.9 Å². The molecule has 94 valence electrons. The molecule has 1 heterocycles. The fourth-order valence-electron chi connectivity index (χ4n) is 1.81. The molecule has 0 aliphatic rings. The standard InChI is InChI=1S/C13H8BrN3O2/c14-8-5-6-12(18)9(7-8)13(19)17-11-4-2-1-3-10(11)15-16-17/h1-7,18H. The van der Waals surface area contributed by atoms with Crippen molar-refractivity contribution in [1.29, 1.82) is 0 Å². The largest absolute Gasteiger partial charge is 0.507 e. The van der Waals surface area contributed by atoms with Crippen LogP contribution in [0.5, 0.6) is 5.75 Å². The van der Waals surface area contributed by atoms with Gasteiger partial charge in [0, 0.05) is 4.47 Å². The Morgan fingerprint density at radius 3 is 2.84 bits per heavy atom. The van der Waals surface area contributed by atoms with Gasteiger partial charge in [-0.25, -0.2) is 0 Å². The van der Waals surface area contributed by atoms with Gasteiger partial charge in [0.25, 0.3) is 5.91 Å². The molecular formula is C13H8BrN3O2. The highest BCUT2D eigenvalue weighted by Gasteiger charge is 2.17. The van der Waals surface area contributed by atoms with E-state index in [-0.39, 0.29) is 11.3 Å². The number of hydrogen-bond donors (Lipinski definition) is 1. The number of phenols is 1. The Balaban J connectivity index is 2.16. The molecule has 2 aromatic carbocycles. The minimum atomic E-state index is -0.424. The average molecular weight is 318 g/mol. The maximum atomic E-state index is 12.4. The van der Waals surface area contributed by atoms with E-state index < -0.39 is 5.91 Å². The van der Waals surface area contributed by atoms with Gasteiger partial charge in [-0.3, -0.25) is 4.79 Å². The van der Waals surface area contributed by atoms with Gasteiger partial charge in [0.1, 0.15) is 11.3 Å². The summed E-state index contributed by atoms with van der Waals surface area (Å²) in [6, 6.07) is 11.8. The molecule has 0 aliphatic carbocycles. The molecular weight excluding hydrogens is 310 g/mol. The van der Waals surface area contributed by atoms with Crippen molar-refractivity contribution in [3.05, 3.63) is 52.5 Å². The lowest BCUT2D eigenvalue weighted by Crippen LogP contribution is -2.13. The van der Waals surface area contributed by atoms with Crippen LogP contribution in [-0.4, -0.2) is 26.0 Å². The number of fused-ring (bicyclic) bond motifs is 1. The number of carbonyl (C=O) groups excluding carboxylic acids is 1. The van der Waals surface area contributed by atoms with E-state index >= 15 is 0 Å². The maximum Gasteiger partial charge on any atom is 0.283 e. The number of halogens is 1. The quantitative estimate of drug-likeness (QED) is 0.749. The second-order valence-corrected chi connectivity index (χ2v) is 4.87. The SMILES string of the molecule is O=C(c1cc(Br)ccc1O)n1nnc2ccccc21. The predicted molar refractivity (Wildman–Crippen MR) is 73.1 cm³/mol. The van der Waals surface area contributed by atoms with Crippen molar-refractivity contribution in [2.45, 2.75) is 0 Å². The molecule has 5 nitrogen and oxygen atoms in total. The topological polar surface area (TPSA) is 68.0 Å². The number of para-hydroxylation sites is 1. The molecule has 6 heteroatoms. The molecule has 0 spiro atoms. The monoisotopic (exact) mass is 317 g/mol. The molecule has 1 aromatic heterocycles. The van der Waals surface area contributed by atoms with Crippen LogP contribution in [0, 0.1) is 0 Å². The molecule has 0 unspecified atom stereocenters.